The lowest BCUT2D eigenvalue weighted by Gasteiger charge is -2.32. The lowest BCUT2D eigenvalue weighted by Crippen LogP contribution is -2.45. The van der Waals surface area contributed by atoms with Crippen LogP contribution in [0.4, 0.5) is 11.6 Å². The Labute approximate surface area is 148 Å². The molecule has 1 fully saturated rings. The molecule has 3 rings (SSSR count). The van der Waals surface area contributed by atoms with Gasteiger partial charge in [0, 0.05) is 38.1 Å². The Morgan fingerprint density at radius 1 is 1.08 bits per heavy atom. The first kappa shape index (κ1) is 17.4. The van der Waals surface area contributed by atoms with E-state index in [4.69, 9.17) is 0 Å². The Morgan fingerprint density at radius 3 is 2.36 bits per heavy atom. The number of carbonyl (C=O) groups excluding carboxylic acids is 1. The maximum absolute atomic E-state index is 12.7. The number of carbonyl (C=O) groups is 1. The van der Waals surface area contributed by atoms with Crippen molar-refractivity contribution >= 4 is 17.5 Å². The van der Waals surface area contributed by atoms with Crippen LogP contribution in [0.3, 0.4) is 0 Å². The molecule has 132 valence electrons. The third-order valence-electron chi connectivity index (χ3n) is 4.58. The lowest BCUT2D eigenvalue weighted by molar-refractivity contribution is 0.102. The van der Waals surface area contributed by atoms with E-state index in [1.54, 1.807) is 12.3 Å². The quantitative estimate of drug-likeness (QED) is 0.930. The summed E-state index contributed by atoms with van der Waals surface area (Å²) in [5.74, 6) is 0.422. The Bertz CT molecular complexity index is 758. The molecule has 0 unspecified atom stereocenters. The zero-order chi connectivity index (χ0) is 18.0. The number of benzene rings is 1. The summed E-state index contributed by atoms with van der Waals surface area (Å²) in [4.78, 5) is 25.9. The number of rotatable bonds is 3. The van der Waals surface area contributed by atoms with Crippen molar-refractivity contribution in [1.29, 1.82) is 0 Å². The van der Waals surface area contributed by atoms with E-state index in [9.17, 15) is 4.79 Å². The van der Waals surface area contributed by atoms with Crippen LogP contribution < -0.4 is 10.2 Å². The van der Waals surface area contributed by atoms with Crippen molar-refractivity contribution in [3.05, 3.63) is 46.8 Å². The van der Waals surface area contributed by atoms with Crippen molar-refractivity contribution in [2.75, 3.05) is 43.4 Å². The van der Waals surface area contributed by atoms with Gasteiger partial charge in [0.1, 0.15) is 5.69 Å². The molecule has 6 nitrogen and oxygen atoms in total. The standard InChI is InChI=1S/C19H25N5O/c1-13-11-14(2)17(15(3)12-13)22-18(25)16-5-6-20-19(21-16)24-9-7-23(4)8-10-24/h5-6,11-12H,7-10H2,1-4H3,(H,22,25). The normalized spacial score (nSPS) is 15.3. The van der Waals surface area contributed by atoms with Crippen molar-refractivity contribution in [2.45, 2.75) is 20.8 Å². The smallest absolute Gasteiger partial charge is 0.274 e. The maximum Gasteiger partial charge on any atom is 0.274 e. The zero-order valence-corrected chi connectivity index (χ0v) is 15.3. The van der Waals surface area contributed by atoms with Gasteiger partial charge >= 0.3 is 0 Å². The van der Waals surface area contributed by atoms with E-state index in [1.165, 1.54) is 5.56 Å². The fourth-order valence-corrected chi connectivity index (χ4v) is 3.19. The zero-order valence-electron chi connectivity index (χ0n) is 15.3. The number of anilines is 2. The minimum Gasteiger partial charge on any atom is -0.338 e. The number of amides is 1. The SMILES string of the molecule is Cc1cc(C)c(NC(=O)c2ccnc(N3CCN(C)CC3)n2)c(C)c1. The van der Waals surface area contributed by atoms with Crippen LogP contribution in [-0.2, 0) is 0 Å². The Morgan fingerprint density at radius 2 is 1.72 bits per heavy atom. The van der Waals surface area contributed by atoms with Crippen molar-refractivity contribution in [2.24, 2.45) is 0 Å². The lowest BCUT2D eigenvalue weighted by atomic mass is 10.1. The van der Waals surface area contributed by atoms with E-state index in [0.717, 1.165) is 43.0 Å². The largest absolute Gasteiger partial charge is 0.338 e. The van der Waals surface area contributed by atoms with Crippen LogP contribution in [-0.4, -0.2) is 54.0 Å². The molecule has 0 atom stereocenters. The first-order valence-corrected chi connectivity index (χ1v) is 8.60. The monoisotopic (exact) mass is 339 g/mol. The summed E-state index contributed by atoms with van der Waals surface area (Å²) in [6.07, 6.45) is 1.66. The maximum atomic E-state index is 12.7. The molecule has 0 spiro atoms. The highest BCUT2D eigenvalue weighted by molar-refractivity contribution is 6.03. The predicted octanol–water partition coefficient (Wildman–Crippen LogP) is 2.41. The van der Waals surface area contributed by atoms with Gasteiger partial charge in [0.15, 0.2) is 0 Å². The summed E-state index contributed by atoms with van der Waals surface area (Å²) in [6, 6.07) is 5.80. The van der Waals surface area contributed by atoms with E-state index >= 15 is 0 Å². The summed E-state index contributed by atoms with van der Waals surface area (Å²) in [6.45, 7) is 9.76. The minimum atomic E-state index is -0.201. The molecule has 1 aliphatic rings. The van der Waals surface area contributed by atoms with Gasteiger partial charge in [-0.2, -0.15) is 0 Å². The Kier molecular flexibility index (Phi) is 4.99. The Hall–Kier alpha value is -2.47. The molecule has 0 aliphatic carbocycles. The number of nitrogens with zero attached hydrogens (tertiary/aromatic N) is 4. The molecule has 1 aromatic carbocycles. The topological polar surface area (TPSA) is 61.4 Å². The molecule has 1 aliphatic heterocycles. The average molecular weight is 339 g/mol. The highest BCUT2D eigenvalue weighted by Gasteiger charge is 2.18. The first-order chi connectivity index (χ1) is 11.9. The summed E-state index contributed by atoms with van der Waals surface area (Å²) in [7, 11) is 2.11. The summed E-state index contributed by atoms with van der Waals surface area (Å²) >= 11 is 0. The van der Waals surface area contributed by atoms with Gasteiger partial charge in [-0.3, -0.25) is 4.79 Å². The summed E-state index contributed by atoms with van der Waals surface area (Å²) in [5, 5.41) is 3.00. The molecule has 1 amide bonds. The van der Waals surface area contributed by atoms with Crippen LogP contribution in [0, 0.1) is 20.8 Å². The fourth-order valence-electron chi connectivity index (χ4n) is 3.19. The molecule has 1 N–H and O–H groups in total. The number of nitrogens with one attached hydrogen (secondary N) is 1. The van der Waals surface area contributed by atoms with E-state index < -0.39 is 0 Å². The highest BCUT2D eigenvalue weighted by Crippen LogP contribution is 2.22. The number of piperazine rings is 1. The molecule has 6 heteroatoms. The van der Waals surface area contributed by atoms with Crippen LogP contribution >= 0.6 is 0 Å². The van der Waals surface area contributed by atoms with Crippen LogP contribution in [0.5, 0.6) is 0 Å². The van der Waals surface area contributed by atoms with Crippen molar-refractivity contribution in [1.82, 2.24) is 14.9 Å². The predicted molar refractivity (Wildman–Crippen MR) is 100 cm³/mol. The van der Waals surface area contributed by atoms with E-state index in [0.29, 0.717) is 11.6 Å². The van der Waals surface area contributed by atoms with E-state index in [1.807, 2.05) is 13.8 Å². The second kappa shape index (κ2) is 7.19. The molecular formula is C19H25N5O. The van der Waals surface area contributed by atoms with Gasteiger partial charge in [0.25, 0.3) is 5.91 Å². The molecule has 0 bridgehead atoms. The van der Waals surface area contributed by atoms with Crippen molar-refractivity contribution in [3.8, 4) is 0 Å². The van der Waals surface area contributed by atoms with E-state index in [-0.39, 0.29) is 5.91 Å². The fraction of sp³-hybridized carbons (Fsp3) is 0.421. The minimum absolute atomic E-state index is 0.201. The van der Waals surface area contributed by atoms with Gasteiger partial charge in [-0.05, 0) is 45.0 Å². The van der Waals surface area contributed by atoms with Crippen LogP contribution in [0.25, 0.3) is 0 Å². The molecule has 1 aromatic heterocycles. The highest BCUT2D eigenvalue weighted by atomic mass is 16.1. The van der Waals surface area contributed by atoms with Gasteiger partial charge in [-0.1, -0.05) is 17.7 Å². The number of hydrogen-bond donors (Lipinski definition) is 1. The third kappa shape index (κ3) is 3.96. The molecule has 0 radical (unpaired) electrons. The van der Waals surface area contributed by atoms with Gasteiger partial charge < -0.3 is 15.1 Å². The van der Waals surface area contributed by atoms with Crippen LogP contribution in [0.2, 0.25) is 0 Å². The molecule has 0 saturated carbocycles. The molecule has 25 heavy (non-hydrogen) atoms. The van der Waals surface area contributed by atoms with E-state index in [2.05, 4.69) is 51.2 Å². The summed E-state index contributed by atoms with van der Waals surface area (Å²) in [5.41, 5.74) is 4.55. The number of aromatic nitrogens is 2. The molecule has 2 heterocycles. The molecule has 2 aromatic rings. The number of likely N-dealkylation sites (N-methyl/N-ethyl adjacent to an activating group) is 1. The first-order valence-electron chi connectivity index (χ1n) is 8.60. The van der Waals surface area contributed by atoms with Gasteiger partial charge in [-0.25, -0.2) is 9.97 Å². The van der Waals surface area contributed by atoms with Crippen LogP contribution in [0.15, 0.2) is 24.4 Å². The Balaban J connectivity index is 1.78. The summed E-state index contributed by atoms with van der Waals surface area (Å²) < 4.78 is 0. The van der Waals surface area contributed by atoms with Crippen molar-refractivity contribution in [3.63, 3.8) is 0 Å². The van der Waals surface area contributed by atoms with Gasteiger partial charge in [0.05, 0.1) is 0 Å². The average Bonchev–Trinajstić information content (AvgIpc) is 2.58. The second-order valence-electron chi connectivity index (χ2n) is 6.76. The van der Waals surface area contributed by atoms with Gasteiger partial charge in [0.2, 0.25) is 5.95 Å². The molecular weight excluding hydrogens is 314 g/mol. The van der Waals surface area contributed by atoms with Crippen molar-refractivity contribution < 1.29 is 4.79 Å². The molecule has 1 saturated heterocycles. The third-order valence-corrected chi connectivity index (χ3v) is 4.58. The number of hydrogen-bond acceptors (Lipinski definition) is 5. The van der Waals surface area contributed by atoms with Gasteiger partial charge in [-0.15, -0.1) is 0 Å². The second-order valence-corrected chi connectivity index (χ2v) is 6.76. The number of aryl methyl sites for hydroxylation is 3. The van der Waals surface area contributed by atoms with Crippen LogP contribution in [0.1, 0.15) is 27.2 Å².